The van der Waals surface area contributed by atoms with Crippen molar-refractivity contribution in [3.63, 3.8) is 0 Å². The zero-order chi connectivity index (χ0) is 11.8. The first kappa shape index (κ1) is 11.1. The van der Waals surface area contributed by atoms with Crippen molar-refractivity contribution in [3.05, 3.63) is 29.3 Å². The van der Waals surface area contributed by atoms with E-state index in [4.69, 9.17) is 10.5 Å². The van der Waals surface area contributed by atoms with Crippen LogP contribution in [0.2, 0.25) is 0 Å². The highest BCUT2D eigenvalue weighted by Gasteiger charge is 2.39. The molecule has 0 saturated heterocycles. The smallest absolute Gasteiger partial charge is 0.122 e. The molecule has 0 radical (unpaired) electrons. The molecular formula is C15H21NO. The summed E-state index contributed by atoms with van der Waals surface area (Å²) >= 11 is 0. The van der Waals surface area contributed by atoms with Crippen LogP contribution in [-0.4, -0.2) is 13.2 Å². The van der Waals surface area contributed by atoms with Crippen LogP contribution in [0.3, 0.4) is 0 Å². The molecule has 0 aliphatic heterocycles. The van der Waals surface area contributed by atoms with Gasteiger partial charge < -0.3 is 10.5 Å². The molecule has 0 bridgehead atoms. The van der Waals surface area contributed by atoms with Gasteiger partial charge in [-0.1, -0.05) is 17.7 Å². The average molecular weight is 231 g/mol. The highest BCUT2D eigenvalue weighted by molar-refractivity contribution is 5.42. The molecule has 0 aromatic heterocycles. The first-order chi connectivity index (χ1) is 8.28. The van der Waals surface area contributed by atoms with E-state index < -0.39 is 0 Å². The maximum atomic E-state index is 5.97. The molecule has 2 aliphatic rings. The molecule has 2 fully saturated rings. The Morgan fingerprint density at radius 2 is 2.18 bits per heavy atom. The zero-order valence-electron chi connectivity index (χ0n) is 10.5. The summed E-state index contributed by atoms with van der Waals surface area (Å²) in [7, 11) is 0. The SMILES string of the molecule is Cc1ccc(OCC2CC2)c([C@H]2C[C@@H]2CN)c1. The first-order valence-corrected chi connectivity index (χ1v) is 6.71. The van der Waals surface area contributed by atoms with Crippen molar-refractivity contribution in [2.75, 3.05) is 13.2 Å². The van der Waals surface area contributed by atoms with Crippen LogP contribution in [-0.2, 0) is 0 Å². The Balaban J connectivity index is 1.75. The van der Waals surface area contributed by atoms with Crippen molar-refractivity contribution < 1.29 is 4.74 Å². The Morgan fingerprint density at radius 3 is 2.82 bits per heavy atom. The molecule has 0 unspecified atom stereocenters. The van der Waals surface area contributed by atoms with Crippen LogP contribution in [0.4, 0.5) is 0 Å². The van der Waals surface area contributed by atoms with E-state index >= 15 is 0 Å². The lowest BCUT2D eigenvalue weighted by Gasteiger charge is -2.12. The van der Waals surface area contributed by atoms with Crippen LogP contribution in [0.15, 0.2) is 18.2 Å². The van der Waals surface area contributed by atoms with Crippen LogP contribution < -0.4 is 10.5 Å². The fourth-order valence-electron chi connectivity index (χ4n) is 2.47. The topological polar surface area (TPSA) is 35.2 Å². The summed E-state index contributed by atoms with van der Waals surface area (Å²) in [4.78, 5) is 0. The van der Waals surface area contributed by atoms with E-state index in [9.17, 15) is 0 Å². The van der Waals surface area contributed by atoms with E-state index in [0.29, 0.717) is 11.8 Å². The molecule has 3 rings (SSSR count). The number of benzene rings is 1. The summed E-state index contributed by atoms with van der Waals surface area (Å²) in [6.45, 7) is 3.85. The van der Waals surface area contributed by atoms with Gasteiger partial charge in [-0.3, -0.25) is 0 Å². The summed E-state index contributed by atoms with van der Waals surface area (Å²) in [6, 6.07) is 6.56. The molecule has 1 aromatic rings. The van der Waals surface area contributed by atoms with Gasteiger partial charge in [0.25, 0.3) is 0 Å². The van der Waals surface area contributed by atoms with Crippen LogP contribution in [0, 0.1) is 18.8 Å². The number of aryl methyl sites for hydroxylation is 1. The third-order valence-corrected chi connectivity index (χ3v) is 3.96. The maximum Gasteiger partial charge on any atom is 0.122 e. The quantitative estimate of drug-likeness (QED) is 0.845. The van der Waals surface area contributed by atoms with Gasteiger partial charge in [0, 0.05) is 0 Å². The van der Waals surface area contributed by atoms with Gasteiger partial charge in [-0.05, 0) is 62.1 Å². The molecule has 2 aliphatic carbocycles. The lowest BCUT2D eigenvalue weighted by molar-refractivity contribution is 0.296. The summed E-state index contributed by atoms with van der Waals surface area (Å²) in [5, 5.41) is 0. The minimum Gasteiger partial charge on any atom is -0.493 e. The van der Waals surface area contributed by atoms with Crippen LogP contribution >= 0.6 is 0 Å². The van der Waals surface area contributed by atoms with E-state index in [1.807, 2.05) is 0 Å². The Labute approximate surface area is 103 Å². The van der Waals surface area contributed by atoms with Crippen molar-refractivity contribution in [3.8, 4) is 5.75 Å². The first-order valence-electron chi connectivity index (χ1n) is 6.71. The molecule has 2 saturated carbocycles. The summed E-state index contributed by atoms with van der Waals surface area (Å²) < 4.78 is 5.97. The molecule has 0 heterocycles. The van der Waals surface area contributed by atoms with E-state index in [1.165, 1.54) is 30.4 Å². The molecule has 92 valence electrons. The number of nitrogens with two attached hydrogens (primary N) is 1. The van der Waals surface area contributed by atoms with Gasteiger partial charge in [-0.2, -0.15) is 0 Å². The minimum atomic E-state index is 0.647. The molecule has 0 amide bonds. The van der Waals surface area contributed by atoms with Crippen molar-refractivity contribution in [1.29, 1.82) is 0 Å². The fourth-order valence-corrected chi connectivity index (χ4v) is 2.47. The lowest BCUT2D eigenvalue weighted by atomic mass is 10.0. The second-order valence-electron chi connectivity index (χ2n) is 5.63. The van der Waals surface area contributed by atoms with Gasteiger partial charge in [0.2, 0.25) is 0 Å². The molecule has 2 nitrogen and oxygen atoms in total. The average Bonchev–Trinajstić information content (AvgIpc) is 3.21. The Kier molecular flexibility index (Phi) is 2.83. The van der Waals surface area contributed by atoms with Crippen molar-refractivity contribution in [2.24, 2.45) is 17.6 Å². The summed E-state index contributed by atoms with van der Waals surface area (Å²) in [5.41, 5.74) is 8.45. The predicted molar refractivity (Wildman–Crippen MR) is 69.3 cm³/mol. The number of hydrogen-bond acceptors (Lipinski definition) is 2. The van der Waals surface area contributed by atoms with Crippen molar-refractivity contribution in [1.82, 2.24) is 0 Å². The monoisotopic (exact) mass is 231 g/mol. The molecule has 17 heavy (non-hydrogen) atoms. The Morgan fingerprint density at radius 1 is 1.35 bits per heavy atom. The van der Waals surface area contributed by atoms with Gasteiger partial charge in [0.05, 0.1) is 6.61 Å². The highest BCUT2D eigenvalue weighted by atomic mass is 16.5. The molecule has 1 aromatic carbocycles. The normalized spacial score (nSPS) is 26.9. The van der Waals surface area contributed by atoms with Crippen molar-refractivity contribution in [2.45, 2.75) is 32.1 Å². The third-order valence-electron chi connectivity index (χ3n) is 3.96. The summed E-state index contributed by atoms with van der Waals surface area (Å²) in [5.74, 6) is 3.24. The standard InChI is InChI=1S/C15H21NO/c1-10-2-5-15(17-9-11-3-4-11)14(6-10)13-7-12(13)8-16/h2,5-6,11-13H,3-4,7-9,16H2,1H3/t12-,13+/m1/s1. The Hall–Kier alpha value is -1.02. The van der Waals surface area contributed by atoms with E-state index in [1.54, 1.807) is 0 Å². The maximum absolute atomic E-state index is 5.97. The fraction of sp³-hybridized carbons (Fsp3) is 0.600. The van der Waals surface area contributed by atoms with Gasteiger partial charge in [-0.25, -0.2) is 0 Å². The number of hydrogen-bond donors (Lipinski definition) is 1. The highest BCUT2D eigenvalue weighted by Crippen LogP contribution is 2.50. The van der Waals surface area contributed by atoms with Gasteiger partial charge in [0.15, 0.2) is 0 Å². The van der Waals surface area contributed by atoms with Crippen LogP contribution in [0.1, 0.15) is 36.3 Å². The van der Waals surface area contributed by atoms with Crippen LogP contribution in [0.5, 0.6) is 5.75 Å². The third kappa shape index (κ3) is 2.47. The lowest BCUT2D eigenvalue weighted by Crippen LogP contribution is -2.04. The van der Waals surface area contributed by atoms with E-state index in [-0.39, 0.29) is 0 Å². The van der Waals surface area contributed by atoms with Gasteiger partial charge >= 0.3 is 0 Å². The second kappa shape index (κ2) is 4.34. The largest absolute Gasteiger partial charge is 0.493 e. The Bertz CT molecular complexity index is 411. The molecule has 0 spiro atoms. The van der Waals surface area contributed by atoms with Crippen molar-refractivity contribution >= 4 is 0 Å². The predicted octanol–water partition coefficient (Wildman–Crippen LogP) is 2.85. The van der Waals surface area contributed by atoms with Gasteiger partial charge in [0.1, 0.15) is 5.75 Å². The number of ether oxygens (including phenoxy) is 1. The van der Waals surface area contributed by atoms with Crippen LogP contribution in [0.25, 0.3) is 0 Å². The molecular weight excluding hydrogens is 210 g/mol. The molecule has 2 atom stereocenters. The molecule has 2 N–H and O–H groups in total. The van der Waals surface area contributed by atoms with Gasteiger partial charge in [-0.15, -0.1) is 0 Å². The minimum absolute atomic E-state index is 0.647. The second-order valence-corrected chi connectivity index (χ2v) is 5.63. The molecule has 2 heteroatoms. The zero-order valence-corrected chi connectivity index (χ0v) is 10.5. The van der Waals surface area contributed by atoms with E-state index in [2.05, 4.69) is 25.1 Å². The van der Waals surface area contributed by atoms with E-state index in [0.717, 1.165) is 24.8 Å². The summed E-state index contributed by atoms with van der Waals surface area (Å²) in [6.07, 6.45) is 3.92. The number of rotatable bonds is 5.